The number of anilines is 1. The SMILES string of the molecule is CC(Nc1ccc2c(C(=O)O)cccc2n1)C1CC1. The molecule has 1 fully saturated rings. The van der Waals surface area contributed by atoms with Crippen LogP contribution in [-0.4, -0.2) is 22.1 Å². The van der Waals surface area contributed by atoms with Crippen LogP contribution in [0.5, 0.6) is 0 Å². The molecular weight excluding hydrogens is 240 g/mol. The lowest BCUT2D eigenvalue weighted by molar-refractivity contribution is 0.0699. The Morgan fingerprint density at radius 3 is 2.84 bits per heavy atom. The van der Waals surface area contributed by atoms with E-state index in [1.54, 1.807) is 12.1 Å². The van der Waals surface area contributed by atoms with Gasteiger partial charge in [0.25, 0.3) is 0 Å². The van der Waals surface area contributed by atoms with Gasteiger partial charge in [-0.1, -0.05) is 6.07 Å². The second-order valence-corrected chi connectivity index (χ2v) is 5.14. The maximum absolute atomic E-state index is 11.1. The van der Waals surface area contributed by atoms with Crippen LogP contribution in [-0.2, 0) is 0 Å². The highest BCUT2D eigenvalue weighted by atomic mass is 16.4. The van der Waals surface area contributed by atoms with Crippen molar-refractivity contribution in [3.63, 3.8) is 0 Å². The molecular formula is C15H16N2O2. The summed E-state index contributed by atoms with van der Waals surface area (Å²) < 4.78 is 0. The Bertz CT molecular complexity index is 635. The van der Waals surface area contributed by atoms with Crippen molar-refractivity contribution in [2.75, 3.05) is 5.32 Å². The largest absolute Gasteiger partial charge is 0.478 e. The molecule has 0 bridgehead atoms. The van der Waals surface area contributed by atoms with E-state index < -0.39 is 5.97 Å². The van der Waals surface area contributed by atoms with E-state index in [-0.39, 0.29) is 0 Å². The molecule has 1 atom stereocenters. The average molecular weight is 256 g/mol. The Morgan fingerprint density at radius 2 is 2.16 bits per heavy atom. The lowest BCUT2D eigenvalue weighted by Gasteiger charge is -2.14. The van der Waals surface area contributed by atoms with E-state index in [0.29, 0.717) is 22.5 Å². The molecule has 1 heterocycles. The highest BCUT2D eigenvalue weighted by Crippen LogP contribution is 2.33. The number of carboxylic acid groups (broad SMARTS) is 1. The standard InChI is InChI=1S/C15H16N2O2/c1-9(10-5-6-10)16-14-8-7-11-12(15(18)19)3-2-4-13(11)17-14/h2-4,7-10H,5-6H2,1H3,(H,16,17)(H,18,19). The monoisotopic (exact) mass is 256 g/mol. The highest BCUT2D eigenvalue weighted by Gasteiger charge is 2.27. The van der Waals surface area contributed by atoms with E-state index in [1.807, 2.05) is 18.2 Å². The van der Waals surface area contributed by atoms with Crippen molar-refractivity contribution in [2.24, 2.45) is 5.92 Å². The van der Waals surface area contributed by atoms with Gasteiger partial charge in [-0.15, -0.1) is 0 Å². The van der Waals surface area contributed by atoms with Crippen LogP contribution in [0.25, 0.3) is 10.9 Å². The van der Waals surface area contributed by atoms with Crippen molar-refractivity contribution in [3.8, 4) is 0 Å². The first-order valence-corrected chi connectivity index (χ1v) is 6.55. The number of rotatable bonds is 4. The first-order valence-electron chi connectivity index (χ1n) is 6.55. The van der Waals surface area contributed by atoms with Crippen LogP contribution >= 0.6 is 0 Å². The minimum Gasteiger partial charge on any atom is -0.478 e. The van der Waals surface area contributed by atoms with Gasteiger partial charge < -0.3 is 10.4 Å². The molecule has 0 spiro atoms. The highest BCUT2D eigenvalue weighted by molar-refractivity contribution is 6.02. The van der Waals surface area contributed by atoms with E-state index in [1.165, 1.54) is 12.8 Å². The van der Waals surface area contributed by atoms with Gasteiger partial charge in [-0.25, -0.2) is 9.78 Å². The molecule has 19 heavy (non-hydrogen) atoms. The number of hydrogen-bond donors (Lipinski definition) is 2. The number of fused-ring (bicyclic) bond motifs is 1. The summed E-state index contributed by atoms with van der Waals surface area (Å²) in [6.07, 6.45) is 2.57. The van der Waals surface area contributed by atoms with Gasteiger partial charge in [0.05, 0.1) is 11.1 Å². The second kappa shape index (κ2) is 4.53. The summed E-state index contributed by atoms with van der Waals surface area (Å²) in [5, 5.41) is 13.2. The molecule has 1 unspecified atom stereocenters. The van der Waals surface area contributed by atoms with Crippen LogP contribution in [0.15, 0.2) is 30.3 Å². The molecule has 4 heteroatoms. The Labute approximate surface area is 111 Å². The molecule has 98 valence electrons. The summed E-state index contributed by atoms with van der Waals surface area (Å²) in [5.74, 6) is 0.650. The lowest BCUT2D eigenvalue weighted by Crippen LogP contribution is -2.18. The minimum atomic E-state index is -0.917. The Morgan fingerprint density at radius 1 is 1.37 bits per heavy atom. The summed E-state index contributed by atoms with van der Waals surface area (Å²) in [6.45, 7) is 2.16. The van der Waals surface area contributed by atoms with Crippen LogP contribution < -0.4 is 5.32 Å². The predicted octanol–water partition coefficient (Wildman–Crippen LogP) is 3.14. The maximum atomic E-state index is 11.1. The van der Waals surface area contributed by atoms with Crippen molar-refractivity contribution < 1.29 is 9.90 Å². The van der Waals surface area contributed by atoms with Crippen molar-refractivity contribution in [1.29, 1.82) is 0 Å². The third-order valence-corrected chi connectivity index (χ3v) is 3.67. The molecule has 1 aromatic carbocycles. The van der Waals surface area contributed by atoms with Gasteiger partial charge in [0.15, 0.2) is 0 Å². The summed E-state index contributed by atoms with van der Waals surface area (Å²) in [4.78, 5) is 15.6. The molecule has 3 rings (SSSR count). The third kappa shape index (κ3) is 2.38. The van der Waals surface area contributed by atoms with Crippen molar-refractivity contribution >= 4 is 22.7 Å². The quantitative estimate of drug-likeness (QED) is 0.882. The Balaban J connectivity index is 1.94. The van der Waals surface area contributed by atoms with Crippen LogP contribution in [0.4, 0.5) is 5.82 Å². The summed E-state index contributed by atoms with van der Waals surface area (Å²) in [6, 6.07) is 9.28. The number of pyridine rings is 1. The van der Waals surface area contributed by atoms with Crippen molar-refractivity contribution in [2.45, 2.75) is 25.8 Å². The van der Waals surface area contributed by atoms with Crippen LogP contribution in [0.3, 0.4) is 0 Å². The molecule has 2 N–H and O–H groups in total. The smallest absolute Gasteiger partial charge is 0.336 e. The normalized spacial score (nSPS) is 16.3. The number of aromatic nitrogens is 1. The number of nitrogens with zero attached hydrogens (tertiary/aromatic N) is 1. The number of nitrogens with one attached hydrogen (secondary N) is 1. The van der Waals surface area contributed by atoms with Crippen molar-refractivity contribution in [1.82, 2.24) is 4.98 Å². The topological polar surface area (TPSA) is 62.2 Å². The first kappa shape index (κ1) is 12.0. The molecule has 0 amide bonds. The zero-order valence-electron chi connectivity index (χ0n) is 10.8. The van der Waals surface area contributed by atoms with Crippen LogP contribution in [0.1, 0.15) is 30.1 Å². The summed E-state index contributed by atoms with van der Waals surface area (Å²) >= 11 is 0. The Hall–Kier alpha value is -2.10. The molecule has 0 aliphatic heterocycles. The number of hydrogen-bond acceptors (Lipinski definition) is 3. The molecule has 2 aromatic rings. The van der Waals surface area contributed by atoms with Gasteiger partial charge in [-0.3, -0.25) is 0 Å². The van der Waals surface area contributed by atoms with E-state index in [4.69, 9.17) is 5.11 Å². The average Bonchev–Trinajstić information content (AvgIpc) is 3.21. The van der Waals surface area contributed by atoms with Gasteiger partial charge in [0.2, 0.25) is 0 Å². The second-order valence-electron chi connectivity index (χ2n) is 5.14. The number of carboxylic acids is 1. The predicted molar refractivity (Wildman–Crippen MR) is 74.5 cm³/mol. The lowest BCUT2D eigenvalue weighted by atomic mass is 10.1. The van der Waals surface area contributed by atoms with Crippen molar-refractivity contribution in [3.05, 3.63) is 35.9 Å². The maximum Gasteiger partial charge on any atom is 0.336 e. The van der Waals surface area contributed by atoms with E-state index in [2.05, 4.69) is 17.2 Å². The van der Waals surface area contributed by atoms with Gasteiger partial charge in [-0.2, -0.15) is 0 Å². The molecule has 1 aromatic heterocycles. The van der Waals surface area contributed by atoms with Gasteiger partial charge in [0.1, 0.15) is 5.82 Å². The molecule has 4 nitrogen and oxygen atoms in total. The van der Waals surface area contributed by atoms with Crippen LogP contribution in [0, 0.1) is 5.92 Å². The van der Waals surface area contributed by atoms with Gasteiger partial charge >= 0.3 is 5.97 Å². The summed E-state index contributed by atoms with van der Waals surface area (Å²) in [5.41, 5.74) is 1.01. The van der Waals surface area contributed by atoms with Gasteiger partial charge in [-0.05, 0) is 49.9 Å². The van der Waals surface area contributed by atoms with Gasteiger partial charge in [0, 0.05) is 11.4 Å². The third-order valence-electron chi connectivity index (χ3n) is 3.67. The molecule has 1 aliphatic carbocycles. The molecule has 1 saturated carbocycles. The molecule has 0 saturated heterocycles. The number of carbonyl (C=O) groups is 1. The fourth-order valence-corrected chi connectivity index (χ4v) is 2.37. The van der Waals surface area contributed by atoms with E-state index in [9.17, 15) is 4.79 Å². The molecule has 1 aliphatic rings. The number of benzene rings is 1. The van der Waals surface area contributed by atoms with Crippen LogP contribution in [0.2, 0.25) is 0 Å². The van der Waals surface area contributed by atoms with E-state index in [0.717, 1.165) is 11.7 Å². The fourth-order valence-electron chi connectivity index (χ4n) is 2.37. The van der Waals surface area contributed by atoms with E-state index >= 15 is 0 Å². The fraction of sp³-hybridized carbons (Fsp3) is 0.333. The molecule has 0 radical (unpaired) electrons. The minimum absolute atomic E-state index is 0.298. The Kier molecular flexibility index (Phi) is 2.85. The number of aromatic carboxylic acids is 1. The first-order chi connectivity index (χ1) is 9.15. The summed E-state index contributed by atoms with van der Waals surface area (Å²) in [7, 11) is 0. The zero-order chi connectivity index (χ0) is 13.4. The zero-order valence-corrected chi connectivity index (χ0v) is 10.8.